The van der Waals surface area contributed by atoms with Crippen molar-refractivity contribution in [3.05, 3.63) is 42.0 Å². The summed E-state index contributed by atoms with van der Waals surface area (Å²) in [6.07, 6.45) is 3.75. The van der Waals surface area contributed by atoms with Crippen LogP contribution in [-0.4, -0.2) is 16.2 Å². The van der Waals surface area contributed by atoms with Crippen LogP contribution >= 0.6 is 0 Å². The molecule has 0 spiro atoms. The van der Waals surface area contributed by atoms with E-state index in [1.165, 1.54) is 0 Å². The average molecular weight is 206 g/mol. The van der Waals surface area contributed by atoms with E-state index in [0.717, 1.165) is 5.56 Å². The highest BCUT2D eigenvalue weighted by molar-refractivity contribution is 5.68. The van der Waals surface area contributed by atoms with Gasteiger partial charge in [0.05, 0.1) is 6.42 Å². The molecular formula is C12H14O3. The van der Waals surface area contributed by atoms with Crippen LogP contribution in [0.25, 0.3) is 0 Å². The molecule has 0 aromatic heterocycles. The maximum atomic E-state index is 10.6. The Morgan fingerprint density at radius 3 is 2.47 bits per heavy atom. The Bertz CT molecular complexity index is 352. The number of phenols is 1. The molecule has 1 atom stereocenters. The topological polar surface area (TPSA) is 57.5 Å². The lowest BCUT2D eigenvalue weighted by molar-refractivity contribution is -0.137. The third-order valence-electron chi connectivity index (χ3n) is 2.14. The van der Waals surface area contributed by atoms with Crippen LogP contribution in [0.1, 0.15) is 24.8 Å². The van der Waals surface area contributed by atoms with Crippen LogP contribution in [0.5, 0.6) is 5.75 Å². The first-order valence-corrected chi connectivity index (χ1v) is 4.77. The van der Waals surface area contributed by atoms with Crippen LogP contribution in [-0.2, 0) is 4.79 Å². The number of aliphatic carboxylic acids is 1. The number of benzene rings is 1. The monoisotopic (exact) mass is 206 g/mol. The highest BCUT2D eigenvalue weighted by Gasteiger charge is 2.11. The lowest BCUT2D eigenvalue weighted by atomic mass is 9.95. The summed E-state index contributed by atoms with van der Waals surface area (Å²) in [6.45, 7) is 1.86. The van der Waals surface area contributed by atoms with Gasteiger partial charge in [-0.3, -0.25) is 4.79 Å². The van der Waals surface area contributed by atoms with Crippen molar-refractivity contribution >= 4 is 5.97 Å². The lowest BCUT2D eigenvalue weighted by Gasteiger charge is -2.10. The molecule has 0 aliphatic carbocycles. The van der Waals surface area contributed by atoms with Crippen LogP contribution < -0.4 is 0 Å². The van der Waals surface area contributed by atoms with E-state index in [-0.39, 0.29) is 18.1 Å². The Labute approximate surface area is 88.7 Å². The van der Waals surface area contributed by atoms with E-state index in [1.807, 2.05) is 19.1 Å². The second-order valence-electron chi connectivity index (χ2n) is 3.32. The average Bonchev–Trinajstić information content (AvgIpc) is 2.17. The molecular weight excluding hydrogens is 192 g/mol. The van der Waals surface area contributed by atoms with Gasteiger partial charge in [0.2, 0.25) is 0 Å². The van der Waals surface area contributed by atoms with E-state index in [4.69, 9.17) is 10.2 Å². The van der Waals surface area contributed by atoms with E-state index in [0.29, 0.717) is 0 Å². The fourth-order valence-corrected chi connectivity index (χ4v) is 1.44. The van der Waals surface area contributed by atoms with Crippen LogP contribution in [0.2, 0.25) is 0 Å². The third kappa shape index (κ3) is 3.46. The zero-order chi connectivity index (χ0) is 11.3. The van der Waals surface area contributed by atoms with Crippen molar-refractivity contribution in [1.82, 2.24) is 0 Å². The number of carbonyl (C=O) groups is 1. The molecule has 0 aliphatic rings. The fourth-order valence-electron chi connectivity index (χ4n) is 1.44. The highest BCUT2D eigenvalue weighted by Crippen LogP contribution is 2.23. The molecule has 2 N–H and O–H groups in total. The number of aromatic hydroxyl groups is 1. The minimum Gasteiger partial charge on any atom is -0.508 e. The number of rotatable bonds is 4. The minimum absolute atomic E-state index is 0.0646. The van der Waals surface area contributed by atoms with Crippen molar-refractivity contribution in [2.75, 3.05) is 0 Å². The van der Waals surface area contributed by atoms with Crippen molar-refractivity contribution in [1.29, 1.82) is 0 Å². The largest absolute Gasteiger partial charge is 0.508 e. The first-order valence-electron chi connectivity index (χ1n) is 4.77. The maximum Gasteiger partial charge on any atom is 0.304 e. The van der Waals surface area contributed by atoms with Gasteiger partial charge in [0.1, 0.15) is 5.75 Å². The Morgan fingerprint density at radius 1 is 1.40 bits per heavy atom. The lowest BCUT2D eigenvalue weighted by Crippen LogP contribution is -2.03. The number of hydrogen-bond donors (Lipinski definition) is 2. The smallest absolute Gasteiger partial charge is 0.304 e. The second kappa shape index (κ2) is 5.20. The quantitative estimate of drug-likeness (QED) is 0.744. The number of carboxylic acid groups (broad SMARTS) is 1. The highest BCUT2D eigenvalue weighted by atomic mass is 16.4. The molecule has 1 rings (SSSR count). The van der Waals surface area contributed by atoms with Gasteiger partial charge in [-0.15, -0.1) is 0 Å². The van der Waals surface area contributed by atoms with Crippen LogP contribution in [0.15, 0.2) is 36.4 Å². The maximum absolute atomic E-state index is 10.6. The molecule has 0 saturated carbocycles. The Kier molecular flexibility index (Phi) is 3.92. The van der Waals surface area contributed by atoms with Gasteiger partial charge in [-0.1, -0.05) is 24.3 Å². The molecule has 80 valence electrons. The summed E-state index contributed by atoms with van der Waals surface area (Å²) in [4.78, 5) is 10.6. The van der Waals surface area contributed by atoms with E-state index in [2.05, 4.69) is 0 Å². The van der Waals surface area contributed by atoms with E-state index in [1.54, 1.807) is 24.3 Å². The van der Waals surface area contributed by atoms with Crippen molar-refractivity contribution in [3.63, 3.8) is 0 Å². The van der Waals surface area contributed by atoms with Crippen molar-refractivity contribution < 1.29 is 15.0 Å². The van der Waals surface area contributed by atoms with E-state index < -0.39 is 5.97 Å². The molecule has 0 bridgehead atoms. The molecule has 0 heterocycles. The van der Waals surface area contributed by atoms with Crippen LogP contribution in [0, 0.1) is 0 Å². The number of carboxylic acids is 1. The van der Waals surface area contributed by atoms with Gasteiger partial charge in [0, 0.05) is 5.92 Å². The normalized spacial score (nSPS) is 12.9. The van der Waals surface area contributed by atoms with Gasteiger partial charge in [-0.2, -0.15) is 0 Å². The van der Waals surface area contributed by atoms with Crippen molar-refractivity contribution in [2.24, 2.45) is 0 Å². The van der Waals surface area contributed by atoms with Crippen molar-refractivity contribution in [3.8, 4) is 5.75 Å². The van der Waals surface area contributed by atoms with Gasteiger partial charge < -0.3 is 10.2 Å². The van der Waals surface area contributed by atoms with Crippen LogP contribution in [0.4, 0.5) is 0 Å². The first kappa shape index (κ1) is 11.3. The van der Waals surface area contributed by atoms with Gasteiger partial charge >= 0.3 is 5.97 Å². The molecule has 0 unspecified atom stereocenters. The number of phenolic OH excluding ortho intramolecular Hbond substituents is 1. The minimum atomic E-state index is -0.828. The summed E-state index contributed by atoms with van der Waals surface area (Å²) in [5.74, 6) is -0.771. The van der Waals surface area contributed by atoms with Gasteiger partial charge in [-0.25, -0.2) is 0 Å². The summed E-state index contributed by atoms with van der Waals surface area (Å²) in [6, 6.07) is 6.60. The second-order valence-corrected chi connectivity index (χ2v) is 3.32. The summed E-state index contributed by atoms with van der Waals surface area (Å²) >= 11 is 0. The summed E-state index contributed by atoms with van der Waals surface area (Å²) in [5.41, 5.74) is 0.897. The molecule has 0 saturated heterocycles. The Balaban J connectivity index is 2.88. The molecule has 0 fully saturated rings. The van der Waals surface area contributed by atoms with E-state index in [9.17, 15) is 4.79 Å². The molecule has 0 amide bonds. The zero-order valence-corrected chi connectivity index (χ0v) is 8.55. The molecule has 15 heavy (non-hydrogen) atoms. The summed E-state index contributed by atoms with van der Waals surface area (Å²) in [7, 11) is 0. The van der Waals surface area contributed by atoms with Gasteiger partial charge in [0.15, 0.2) is 0 Å². The molecule has 1 aromatic carbocycles. The van der Waals surface area contributed by atoms with Crippen LogP contribution in [0.3, 0.4) is 0 Å². The summed E-state index contributed by atoms with van der Waals surface area (Å²) in [5, 5.41) is 17.9. The van der Waals surface area contributed by atoms with E-state index >= 15 is 0 Å². The summed E-state index contributed by atoms with van der Waals surface area (Å²) < 4.78 is 0. The third-order valence-corrected chi connectivity index (χ3v) is 2.14. The predicted octanol–water partition coefficient (Wildman–Crippen LogP) is 2.53. The fraction of sp³-hybridized carbons (Fsp3) is 0.250. The standard InChI is InChI=1S/C12H14O3/c1-2-3-10(8-12(14)15)9-4-6-11(13)7-5-9/h2-7,10,13H,8H2,1H3,(H,14,15)/t10-/m1/s1. The van der Waals surface area contributed by atoms with Gasteiger partial charge in [0.25, 0.3) is 0 Å². The SMILES string of the molecule is CC=C[C@H](CC(=O)O)c1ccc(O)cc1. The number of hydrogen-bond acceptors (Lipinski definition) is 2. The molecule has 0 aliphatic heterocycles. The molecule has 3 heteroatoms. The van der Waals surface area contributed by atoms with Gasteiger partial charge in [-0.05, 0) is 24.6 Å². The first-order chi connectivity index (χ1) is 7.13. The molecule has 0 radical (unpaired) electrons. The zero-order valence-electron chi connectivity index (χ0n) is 8.55. The Hall–Kier alpha value is -1.77. The molecule has 1 aromatic rings. The van der Waals surface area contributed by atoms with Crippen molar-refractivity contribution in [2.45, 2.75) is 19.3 Å². The number of allylic oxidation sites excluding steroid dienone is 2. The Morgan fingerprint density at radius 2 is 2.00 bits per heavy atom. The molecule has 3 nitrogen and oxygen atoms in total. The predicted molar refractivity (Wildman–Crippen MR) is 57.9 cm³/mol.